The summed E-state index contributed by atoms with van der Waals surface area (Å²) >= 11 is 3.14. The predicted molar refractivity (Wildman–Crippen MR) is 80.1 cm³/mol. The fourth-order valence-corrected chi connectivity index (χ4v) is 2.22. The Hall–Kier alpha value is -1.30. The lowest BCUT2D eigenvalue weighted by Gasteiger charge is -2.35. The number of alkyl halides is 3. The first-order valence-electron chi connectivity index (χ1n) is 6.28. The fourth-order valence-electron chi connectivity index (χ4n) is 1.80. The molecule has 1 aromatic rings. The van der Waals surface area contributed by atoms with Gasteiger partial charge in [0.25, 0.3) is 5.91 Å². The smallest absolute Gasteiger partial charge is 0.330 e. The van der Waals surface area contributed by atoms with Gasteiger partial charge < -0.3 is 4.90 Å². The van der Waals surface area contributed by atoms with Crippen LogP contribution in [0.5, 0.6) is 0 Å². The largest absolute Gasteiger partial charge is 0.416 e. The summed E-state index contributed by atoms with van der Waals surface area (Å²) < 4.78 is 38.7. The highest BCUT2D eigenvalue weighted by Gasteiger charge is 2.33. The Labute approximate surface area is 130 Å². The van der Waals surface area contributed by atoms with Gasteiger partial charge in [-0.15, -0.1) is 6.58 Å². The first kappa shape index (κ1) is 17.8. The fraction of sp³-hybridized carbons (Fsp3) is 0.400. The molecule has 1 aromatic carbocycles. The summed E-state index contributed by atoms with van der Waals surface area (Å²) in [4.78, 5) is 14.0. The van der Waals surface area contributed by atoms with Crippen LogP contribution in [0.2, 0.25) is 0 Å². The molecule has 0 aromatic heterocycles. The SMILES string of the molecule is C=CCN(C(=O)c1cc(C(F)(F)F)ccc1Br)C(C)(C)C. The number of halogens is 4. The van der Waals surface area contributed by atoms with Crippen LogP contribution in [0.1, 0.15) is 36.7 Å². The van der Waals surface area contributed by atoms with E-state index in [1.807, 2.05) is 20.8 Å². The summed E-state index contributed by atoms with van der Waals surface area (Å²) in [5.74, 6) is -0.472. The Kier molecular flexibility index (Phi) is 5.25. The zero-order valence-corrected chi connectivity index (χ0v) is 13.7. The first-order chi connectivity index (χ1) is 9.48. The molecule has 0 aliphatic carbocycles. The third kappa shape index (κ3) is 4.33. The molecule has 1 amide bonds. The van der Waals surface area contributed by atoms with Crippen LogP contribution >= 0.6 is 15.9 Å². The van der Waals surface area contributed by atoms with Gasteiger partial charge in [-0.3, -0.25) is 4.79 Å². The number of hydrogen-bond donors (Lipinski definition) is 0. The van der Waals surface area contributed by atoms with E-state index in [1.54, 1.807) is 6.08 Å². The molecule has 116 valence electrons. The summed E-state index contributed by atoms with van der Waals surface area (Å²) in [6.45, 7) is 9.28. The number of carbonyl (C=O) groups is 1. The van der Waals surface area contributed by atoms with Gasteiger partial charge in [-0.25, -0.2) is 0 Å². The van der Waals surface area contributed by atoms with E-state index in [4.69, 9.17) is 0 Å². The maximum atomic E-state index is 12.8. The van der Waals surface area contributed by atoms with E-state index in [-0.39, 0.29) is 12.1 Å². The van der Waals surface area contributed by atoms with E-state index in [9.17, 15) is 18.0 Å². The third-order valence-corrected chi connectivity index (χ3v) is 3.58. The quantitative estimate of drug-likeness (QED) is 0.699. The summed E-state index contributed by atoms with van der Waals surface area (Å²) in [6.07, 6.45) is -2.94. The molecular formula is C15H17BrF3NO. The predicted octanol–water partition coefficient (Wildman–Crippen LogP) is 4.89. The van der Waals surface area contributed by atoms with Crippen molar-refractivity contribution in [2.24, 2.45) is 0 Å². The zero-order valence-electron chi connectivity index (χ0n) is 12.1. The van der Waals surface area contributed by atoms with Gasteiger partial charge in [-0.2, -0.15) is 13.2 Å². The van der Waals surface area contributed by atoms with Crippen molar-refractivity contribution in [1.82, 2.24) is 4.90 Å². The maximum Gasteiger partial charge on any atom is 0.416 e. The number of rotatable bonds is 3. The Morgan fingerprint density at radius 1 is 1.33 bits per heavy atom. The molecular weight excluding hydrogens is 347 g/mol. The van der Waals surface area contributed by atoms with Crippen molar-refractivity contribution in [2.75, 3.05) is 6.54 Å². The number of hydrogen-bond acceptors (Lipinski definition) is 1. The standard InChI is InChI=1S/C15H17BrF3NO/c1-5-8-20(14(2,3)4)13(21)11-9-10(15(17,18)19)6-7-12(11)16/h5-7,9H,1,8H2,2-4H3. The molecule has 0 saturated carbocycles. The Morgan fingerprint density at radius 3 is 2.33 bits per heavy atom. The normalized spacial score (nSPS) is 12.1. The van der Waals surface area contributed by atoms with Gasteiger partial charge in [-0.05, 0) is 54.9 Å². The Bertz CT molecular complexity index is 547. The lowest BCUT2D eigenvalue weighted by molar-refractivity contribution is -0.137. The molecule has 0 aliphatic rings. The number of nitrogens with zero attached hydrogens (tertiary/aromatic N) is 1. The van der Waals surface area contributed by atoms with Crippen LogP contribution in [-0.4, -0.2) is 22.9 Å². The van der Waals surface area contributed by atoms with Crippen LogP contribution in [-0.2, 0) is 6.18 Å². The molecule has 0 radical (unpaired) electrons. The van der Waals surface area contributed by atoms with Crippen molar-refractivity contribution in [1.29, 1.82) is 0 Å². The number of amides is 1. The van der Waals surface area contributed by atoms with E-state index in [0.717, 1.165) is 12.1 Å². The van der Waals surface area contributed by atoms with Crippen molar-refractivity contribution in [3.8, 4) is 0 Å². The molecule has 0 fully saturated rings. The monoisotopic (exact) mass is 363 g/mol. The number of benzene rings is 1. The second-order valence-corrected chi connectivity index (χ2v) is 6.42. The van der Waals surface area contributed by atoms with Gasteiger partial charge in [0.2, 0.25) is 0 Å². The average Bonchev–Trinajstić information content (AvgIpc) is 2.33. The van der Waals surface area contributed by atoms with E-state index in [2.05, 4.69) is 22.5 Å². The van der Waals surface area contributed by atoms with Crippen LogP contribution in [0.15, 0.2) is 35.3 Å². The lowest BCUT2D eigenvalue weighted by Crippen LogP contribution is -2.45. The summed E-state index contributed by atoms with van der Waals surface area (Å²) in [6, 6.07) is 3.05. The second kappa shape index (κ2) is 6.22. The van der Waals surface area contributed by atoms with Crippen LogP contribution < -0.4 is 0 Å². The lowest BCUT2D eigenvalue weighted by atomic mass is 10.0. The van der Waals surface area contributed by atoms with Gasteiger partial charge in [0.15, 0.2) is 0 Å². The zero-order chi connectivity index (χ0) is 16.4. The van der Waals surface area contributed by atoms with E-state index >= 15 is 0 Å². The van der Waals surface area contributed by atoms with E-state index < -0.39 is 23.2 Å². The van der Waals surface area contributed by atoms with Crippen LogP contribution in [0, 0.1) is 0 Å². The van der Waals surface area contributed by atoms with Crippen molar-refractivity contribution in [2.45, 2.75) is 32.5 Å². The molecule has 0 atom stereocenters. The number of carbonyl (C=O) groups excluding carboxylic acids is 1. The molecule has 0 bridgehead atoms. The van der Waals surface area contributed by atoms with Crippen molar-refractivity contribution in [3.05, 3.63) is 46.5 Å². The third-order valence-electron chi connectivity index (χ3n) is 2.89. The molecule has 0 aliphatic heterocycles. The van der Waals surface area contributed by atoms with Gasteiger partial charge in [0.1, 0.15) is 0 Å². The molecule has 6 heteroatoms. The molecule has 1 rings (SSSR count). The molecule has 0 N–H and O–H groups in total. The van der Waals surface area contributed by atoms with Crippen LogP contribution in [0.25, 0.3) is 0 Å². The van der Waals surface area contributed by atoms with E-state index in [0.29, 0.717) is 4.47 Å². The minimum Gasteiger partial charge on any atom is -0.330 e. The minimum atomic E-state index is -4.49. The summed E-state index contributed by atoms with van der Waals surface area (Å²) in [5.41, 5.74) is -1.39. The topological polar surface area (TPSA) is 20.3 Å². The molecule has 21 heavy (non-hydrogen) atoms. The highest BCUT2D eigenvalue weighted by molar-refractivity contribution is 9.10. The van der Waals surface area contributed by atoms with E-state index in [1.165, 1.54) is 11.0 Å². The summed E-state index contributed by atoms with van der Waals surface area (Å²) in [5, 5.41) is 0. The van der Waals surface area contributed by atoms with Gasteiger partial charge in [-0.1, -0.05) is 6.08 Å². The first-order valence-corrected chi connectivity index (χ1v) is 7.07. The summed E-state index contributed by atoms with van der Waals surface area (Å²) in [7, 11) is 0. The molecule has 0 heterocycles. The Balaban J connectivity index is 3.31. The van der Waals surface area contributed by atoms with Crippen molar-refractivity contribution >= 4 is 21.8 Å². The highest BCUT2D eigenvalue weighted by atomic mass is 79.9. The average molecular weight is 364 g/mol. The molecule has 2 nitrogen and oxygen atoms in total. The molecule has 0 unspecified atom stereocenters. The van der Waals surface area contributed by atoms with Gasteiger partial charge >= 0.3 is 6.18 Å². The molecule has 0 spiro atoms. The highest BCUT2D eigenvalue weighted by Crippen LogP contribution is 2.33. The van der Waals surface area contributed by atoms with Crippen molar-refractivity contribution in [3.63, 3.8) is 0 Å². The van der Waals surface area contributed by atoms with Gasteiger partial charge in [0, 0.05) is 16.6 Å². The Morgan fingerprint density at radius 2 is 1.90 bits per heavy atom. The van der Waals surface area contributed by atoms with Gasteiger partial charge in [0.05, 0.1) is 11.1 Å². The molecule has 0 saturated heterocycles. The van der Waals surface area contributed by atoms with Crippen molar-refractivity contribution < 1.29 is 18.0 Å². The minimum absolute atomic E-state index is 0.0124. The second-order valence-electron chi connectivity index (χ2n) is 5.57. The van der Waals surface area contributed by atoms with Crippen LogP contribution in [0.3, 0.4) is 0 Å². The maximum absolute atomic E-state index is 12.8. The van der Waals surface area contributed by atoms with Crippen LogP contribution in [0.4, 0.5) is 13.2 Å².